The van der Waals surface area contributed by atoms with Crippen molar-refractivity contribution in [3.05, 3.63) is 29.8 Å². The van der Waals surface area contributed by atoms with E-state index >= 15 is 0 Å². The van der Waals surface area contributed by atoms with Crippen LogP contribution in [0.15, 0.2) is 24.3 Å². The van der Waals surface area contributed by atoms with E-state index in [0.717, 1.165) is 5.56 Å². The molecule has 0 radical (unpaired) electrons. The molecule has 0 N–H and O–H groups in total. The van der Waals surface area contributed by atoms with Crippen LogP contribution >= 0.6 is 21.6 Å². The molecule has 0 aliphatic heterocycles. The first kappa shape index (κ1) is 24.4. The molecule has 0 heterocycles. The van der Waals surface area contributed by atoms with E-state index in [2.05, 4.69) is 34.6 Å². The Morgan fingerprint density at radius 3 is 2.04 bits per heavy atom. The fourth-order valence-corrected chi connectivity index (χ4v) is 4.79. The van der Waals surface area contributed by atoms with Crippen LogP contribution in [0.4, 0.5) is 0 Å². The number of rotatable bonds is 8. The average Bonchev–Trinajstić information content (AvgIpc) is 2.56. The summed E-state index contributed by atoms with van der Waals surface area (Å²) in [4.78, 5) is 12.5. The molecule has 1 aromatic rings. The lowest BCUT2D eigenvalue weighted by Crippen LogP contribution is -2.28. The highest BCUT2D eigenvalue weighted by Gasteiger charge is 2.28. The first-order valence-corrected chi connectivity index (χ1v) is 11.8. The molecule has 1 aromatic carbocycles. The quantitative estimate of drug-likeness (QED) is 0.268. The molecule has 0 spiro atoms. The summed E-state index contributed by atoms with van der Waals surface area (Å²) in [6.45, 7) is 19.5. The summed E-state index contributed by atoms with van der Waals surface area (Å²) in [5.41, 5.74) is 0.895. The van der Waals surface area contributed by atoms with Gasteiger partial charge in [0.05, 0.1) is 18.1 Å². The van der Waals surface area contributed by atoms with Gasteiger partial charge in [0.2, 0.25) is 0 Å². The second-order valence-corrected chi connectivity index (χ2v) is 12.5. The molecule has 3 unspecified atom stereocenters. The molecule has 154 valence electrons. The van der Waals surface area contributed by atoms with Crippen molar-refractivity contribution >= 4 is 27.6 Å². The normalized spacial score (nSPS) is 15.9. The third kappa shape index (κ3) is 9.91. The molecule has 0 aliphatic rings. The fraction of sp³-hybridized carbons (Fsp3) is 0.682. The SMILES string of the molecule is CC(SSC(C)(C)C)C(C)C(C)C(=O)Oc1ccc(COC(C)(C)C)cc1. The largest absolute Gasteiger partial charge is 0.426 e. The predicted molar refractivity (Wildman–Crippen MR) is 119 cm³/mol. The van der Waals surface area contributed by atoms with Crippen LogP contribution in [0.2, 0.25) is 0 Å². The van der Waals surface area contributed by atoms with Crippen molar-refractivity contribution in [3.8, 4) is 5.75 Å². The van der Waals surface area contributed by atoms with Crippen LogP contribution < -0.4 is 4.74 Å². The van der Waals surface area contributed by atoms with E-state index in [1.807, 2.05) is 73.5 Å². The summed E-state index contributed by atoms with van der Waals surface area (Å²) >= 11 is 0. The van der Waals surface area contributed by atoms with E-state index in [1.54, 1.807) is 0 Å². The van der Waals surface area contributed by atoms with Crippen molar-refractivity contribution in [3.63, 3.8) is 0 Å². The standard InChI is InChI=1S/C22H36O3S2/c1-15(17(3)26-27-22(7,8)9)16(2)20(23)25-19-12-10-18(11-13-19)14-24-21(4,5)6/h10-13,15-17H,14H2,1-9H3. The molecular weight excluding hydrogens is 376 g/mol. The molecule has 0 saturated heterocycles. The van der Waals surface area contributed by atoms with Crippen molar-refractivity contribution in [2.24, 2.45) is 11.8 Å². The Hall–Kier alpha value is -0.650. The second-order valence-electron chi connectivity index (χ2n) is 9.11. The van der Waals surface area contributed by atoms with Crippen molar-refractivity contribution in [1.29, 1.82) is 0 Å². The Bertz CT molecular complexity index is 585. The van der Waals surface area contributed by atoms with Crippen molar-refractivity contribution < 1.29 is 14.3 Å². The summed E-state index contributed by atoms with van der Waals surface area (Å²) in [6, 6.07) is 7.57. The number of ether oxygens (including phenoxy) is 2. The topological polar surface area (TPSA) is 35.5 Å². The van der Waals surface area contributed by atoms with Crippen LogP contribution in [0.25, 0.3) is 0 Å². The van der Waals surface area contributed by atoms with E-state index in [9.17, 15) is 4.79 Å². The molecule has 27 heavy (non-hydrogen) atoms. The number of hydrogen-bond donors (Lipinski definition) is 0. The number of carbonyl (C=O) groups excluding carboxylic acids is 1. The summed E-state index contributed by atoms with van der Waals surface area (Å²) in [5, 5.41) is 0.369. The number of carbonyl (C=O) groups is 1. The Balaban J connectivity index is 2.56. The highest BCUT2D eigenvalue weighted by Crippen LogP contribution is 2.41. The predicted octanol–water partition coefficient (Wildman–Crippen LogP) is 6.75. The molecule has 5 heteroatoms. The summed E-state index contributed by atoms with van der Waals surface area (Å²) in [5.74, 6) is 0.492. The zero-order chi connectivity index (χ0) is 20.8. The van der Waals surface area contributed by atoms with Crippen molar-refractivity contribution in [2.75, 3.05) is 0 Å². The summed E-state index contributed by atoms with van der Waals surface area (Å²) in [7, 11) is 3.71. The fourth-order valence-electron chi connectivity index (χ4n) is 2.09. The number of hydrogen-bond acceptors (Lipinski definition) is 5. The third-order valence-electron chi connectivity index (χ3n) is 4.16. The zero-order valence-electron chi connectivity index (χ0n) is 18.3. The van der Waals surface area contributed by atoms with Gasteiger partial charge < -0.3 is 9.47 Å². The maximum Gasteiger partial charge on any atom is 0.314 e. The van der Waals surface area contributed by atoms with E-state index in [4.69, 9.17) is 9.47 Å². The molecule has 0 aliphatic carbocycles. The molecule has 0 saturated carbocycles. The van der Waals surface area contributed by atoms with Gasteiger partial charge in [-0.1, -0.05) is 75.3 Å². The van der Waals surface area contributed by atoms with Crippen LogP contribution in [0.3, 0.4) is 0 Å². The number of esters is 1. The Labute approximate surface area is 173 Å². The van der Waals surface area contributed by atoms with Crippen molar-refractivity contribution in [2.45, 2.75) is 84.5 Å². The molecule has 0 amide bonds. The van der Waals surface area contributed by atoms with Gasteiger partial charge in [-0.05, 0) is 44.4 Å². The van der Waals surface area contributed by atoms with Gasteiger partial charge in [-0.25, -0.2) is 0 Å². The van der Waals surface area contributed by atoms with Crippen molar-refractivity contribution in [1.82, 2.24) is 0 Å². The highest BCUT2D eigenvalue weighted by molar-refractivity contribution is 8.77. The molecular formula is C22H36O3S2. The maximum atomic E-state index is 12.5. The molecule has 0 aromatic heterocycles. The lowest BCUT2D eigenvalue weighted by Gasteiger charge is -2.26. The van der Waals surface area contributed by atoms with E-state index < -0.39 is 0 Å². The van der Waals surface area contributed by atoms with Gasteiger partial charge >= 0.3 is 5.97 Å². The molecule has 0 fully saturated rings. The van der Waals surface area contributed by atoms with E-state index in [-0.39, 0.29) is 28.2 Å². The van der Waals surface area contributed by atoms with Crippen LogP contribution in [0, 0.1) is 11.8 Å². The average molecular weight is 413 g/mol. The minimum absolute atomic E-state index is 0.156. The highest BCUT2D eigenvalue weighted by atomic mass is 33.1. The molecule has 3 atom stereocenters. The second kappa shape index (κ2) is 10.2. The van der Waals surface area contributed by atoms with Gasteiger partial charge in [0.25, 0.3) is 0 Å². The van der Waals surface area contributed by atoms with Gasteiger partial charge in [0.1, 0.15) is 5.75 Å². The molecule has 3 nitrogen and oxygen atoms in total. The van der Waals surface area contributed by atoms with Gasteiger partial charge in [-0.15, -0.1) is 0 Å². The van der Waals surface area contributed by atoms with Gasteiger partial charge in [0, 0.05) is 10.00 Å². The summed E-state index contributed by atoms with van der Waals surface area (Å²) in [6.07, 6.45) is 0. The Morgan fingerprint density at radius 2 is 1.56 bits per heavy atom. The first-order valence-electron chi connectivity index (χ1n) is 9.57. The zero-order valence-corrected chi connectivity index (χ0v) is 19.9. The maximum absolute atomic E-state index is 12.5. The van der Waals surface area contributed by atoms with Crippen LogP contribution in [0.1, 0.15) is 67.9 Å². The molecule has 0 bridgehead atoms. The van der Waals surface area contributed by atoms with E-state index in [0.29, 0.717) is 17.6 Å². The van der Waals surface area contributed by atoms with E-state index in [1.165, 1.54) is 0 Å². The minimum atomic E-state index is -0.172. The lowest BCUT2D eigenvalue weighted by molar-refractivity contribution is -0.139. The van der Waals surface area contributed by atoms with Gasteiger partial charge in [-0.3, -0.25) is 4.79 Å². The number of benzene rings is 1. The summed E-state index contributed by atoms with van der Waals surface area (Å²) < 4.78 is 11.6. The molecule has 1 rings (SSSR count). The lowest BCUT2D eigenvalue weighted by atomic mass is 9.93. The monoisotopic (exact) mass is 412 g/mol. The van der Waals surface area contributed by atoms with Crippen LogP contribution in [0.5, 0.6) is 5.75 Å². The Morgan fingerprint density at radius 1 is 1.00 bits per heavy atom. The minimum Gasteiger partial charge on any atom is -0.426 e. The van der Waals surface area contributed by atoms with Crippen LogP contribution in [-0.4, -0.2) is 21.6 Å². The van der Waals surface area contributed by atoms with Gasteiger partial charge in [-0.2, -0.15) is 0 Å². The van der Waals surface area contributed by atoms with Gasteiger partial charge in [0.15, 0.2) is 0 Å². The first-order chi connectivity index (χ1) is 12.3. The van der Waals surface area contributed by atoms with Crippen LogP contribution in [-0.2, 0) is 16.1 Å². The smallest absolute Gasteiger partial charge is 0.314 e. The third-order valence-corrected chi connectivity index (χ3v) is 8.19. The Kier molecular flexibility index (Phi) is 9.23.